The summed E-state index contributed by atoms with van der Waals surface area (Å²) in [5, 5.41) is 9.63. The number of carboxylic acid groups (broad SMARTS) is 1. The predicted octanol–water partition coefficient (Wildman–Crippen LogP) is 4.41. The van der Waals surface area contributed by atoms with Crippen LogP contribution in [0.2, 0.25) is 10.0 Å². The Morgan fingerprint density at radius 2 is 1.79 bits per heavy atom. The fourth-order valence-electron chi connectivity index (χ4n) is 1.53. The summed E-state index contributed by atoms with van der Waals surface area (Å²) in [5.41, 5.74) is 0.710. The summed E-state index contributed by atoms with van der Waals surface area (Å²) in [5.74, 6) is 0.213. The lowest BCUT2D eigenvalue weighted by atomic mass is 10.1. The molecule has 0 heterocycles. The van der Waals surface area contributed by atoms with Crippen LogP contribution in [0.1, 0.15) is 5.56 Å². The number of carbonyl (C=O) groups is 1. The largest absolute Gasteiger partial charge is 0.481 e. The van der Waals surface area contributed by atoms with Gasteiger partial charge in [-0.15, -0.1) is 0 Å². The average molecular weight is 297 g/mol. The van der Waals surface area contributed by atoms with Crippen LogP contribution in [0.5, 0.6) is 11.5 Å². The maximum atomic E-state index is 10.6. The van der Waals surface area contributed by atoms with Gasteiger partial charge in [-0.05, 0) is 35.9 Å². The third kappa shape index (κ3) is 3.88. The Balaban J connectivity index is 2.13. The first-order chi connectivity index (χ1) is 9.04. The van der Waals surface area contributed by atoms with Crippen LogP contribution in [0.15, 0.2) is 42.5 Å². The maximum Gasteiger partial charge on any atom is 0.307 e. The summed E-state index contributed by atoms with van der Waals surface area (Å²) in [6.45, 7) is 0. The van der Waals surface area contributed by atoms with Gasteiger partial charge < -0.3 is 9.84 Å². The molecule has 0 aliphatic heterocycles. The summed E-state index contributed by atoms with van der Waals surface area (Å²) in [6, 6.07) is 11.8. The van der Waals surface area contributed by atoms with E-state index < -0.39 is 5.97 Å². The van der Waals surface area contributed by atoms with E-state index in [9.17, 15) is 4.79 Å². The standard InChI is InChI=1S/C14H10Cl2O3/c15-10-3-6-13(12(16)8-10)19-11-4-1-9(2-5-11)7-14(17)18/h1-6,8H,7H2,(H,17,18). The lowest BCUT2D eigenvalue weighted by Crippen LogP contribution is -1.99. The highest BCUT2D eigenvalue weighted by Gasteiger charge is 2.05. The van der Waals surface area contributed by atoms with Gasteiger partial charge in [-0.1, -0.05) is 35.3 Å². The van der Waals surface area contributed by atoms with Gasteiger partial charge in [0.05, 0.1) is 11.4 Å². The van der Waals surface area contributed by atoms with Crippen molar-refractivity contribution in [2.75, 3.05) is 0 Å². The molecule has 0 saturated carbocycles. The average Bonchev–Trinajstić information content (AvgIpc) is 2.34. The highest BCUT2D eigenvalue weighted by Crippen LogP contribution is 2.31. The number of rotatable bonds is 4. The molecule has 2 aromatic carbocycles. The Hall–Kier alpha value is -1.71. The van der Waals surface area contributed by atoms with E-state index in [-0.39, 0.29) is 6.42 Å². The van der Waals surface area contributed by atoms with E-state index in [1.54, 1.807) is 42.5 Å². The maximum absolute atomic E-state index is 10.6. The zero-order valence-corrected chi connectivity index (χ0v) is 11.3. The summed E-state index contributed by atoms with van der Waals surface area (Å²) in [7, 11) is 0. The summed E-state index contributed by atoms with van der Waals surface area (Å²) >= 11 is 11.8. The zero-order chi connectivity index (χ0) is 13.8. The van der Waals surface area contributed by atoms with Crippen LogP contribution < -0.4 is 4.74 Å². The molecule has 0 aromatic heterocycles. The number of halogens is 2. The second-order valence-electron chi connectivity index (χ2n) is 3.89. The number of hydrogen-bond acceptors (Lipinski definition) is 2. The molecule has 0 atom stereocenters. The predicted molar refractivity (Wildman–Crippen MR) is 74.3 cm³/mol. The van der Waals surface area contributed by atoms with Crippen molar-refractivity contribution in [3.63, 3.8) is 0 Å². The highest BCUT2D eigenvalue weighted by molar-refractivity contribution is 6.35. The van der Waals surface area contributed by atoms with Gasteiger partial charge in [0.2, 0.25) is 0 Å². The first-order valence-corrected chi connectivity index (χ1v) is 6.24. The molecule has 0 unspecified atom stereocenters. The van der Waals surface area contributed by atoms with Crippen LogP contribution in [0.4, 0.5) is 0 Å². The molecule has 0 amide bonds. The number of carboxylic acids is 1. The van der Waals surface area contributed by atoms with Crippen molar-refractivity contribution in [1.82, 2.24) is 0 Å². The minimum atomic E-state index is -0.866. The Morgan fingerprint density at radius 1 is 1.11 bits per heavy atom. The molecule has 98 valence electrons. The molecule has 2 aromatic rings. The quantitative estimate of drug-likeness (QED) is 0.909. The van der Waals surface area contributed by atoms with Crippen LogP contribution in [0.3, 0.4) is 0 Å². The van der Waals surface area contributed by atoms with Gasteiger partial charge in [-0.3, -0.25) is 4.79 Å². The van der Waals surface area contributed by atoms with Crippen LogP contribution in [-0.4, -0.2) is 11.1 Å². The molecule has 0 aliphatic carbocycles. The smallest absolute Gasteiger partial charge is 0.307 e. The molecule has 1 N–H and O–H groups in total. The highest BCUT2D eigenvalue weighted by atomic mass is 35.5. The van der Waals surface area contributed by atoms with Crippen LogP contribution >= 0.6 is 23.2 Å². The second-order valence-corrected chi connectivity index (χ2v) is 4.73. The van der Waals surface area contributed by atoms with Crippen molar-refractivity contribution in [1.29, 1.82) is 0 Å². The zero-order valence-electron chi connectivity index (χ0n) is 9.77. The molecule has 0 aliphatic rings. The monoisotopic (exact) mass is 296 g/mol. The molecule has 0 radical (unpaired) electrons. The molecule has 3 nitrogen and oxygen atoms in total. The number of hydrogen-bond donors (Lipinski definition) is 1. The van der Waals surface area contributed by atoms with Gasteiger partial charge in [0.15, 0.2) is 0 Å². The molecular weight excluding hydrogens is 287 g/mol. The minimum Gasteiger partial charge on any atom is -0.481 e. The fraction of sp³-hybridized carbons (Fsp3) is 0.0714. The van der Waals surface area contributed by atoms with Crippen molar-refractivity contribution >= 4 is 29.2 Å². The first-order valence-electron chi connectivity index (χ1n) is 5.48. The van der Waals surface area contributed by atoms with Crippen molar-refractivity contribution in [3.05, 3.63) is 58.1 Å². The van der Waals surface area contributed by atoms with E-state index in [2.05, 4.69) is 0 Å². The minimum absolute atomic E-state index is 0.0119. The molecule has 0 saturated heterocycles. The Bertz CT molecular complexity index is 594. The summed E-state index contributed by atoms with van der Waals surface area (Å²) in [6.07, 6.45) is -0.0119. The van der Waals surface area contributed by atoms with Gasteiger partial charge in [0.1, 0.15) is 11.5 Å². The Morgan fingerprint density at radius 3 is 2.37 bits per heavy atom. The lowest BCUT2D eigenvalue weighted by molar-refractivity contribution is -0.136. The van der Waals surface area contributed by atoms with Crippen molar-refractivity contribution < 1.29 is 14.6 Å². The van der Waals surface area contributed by atoms with Crippen LogP contribution in [0, 0.1) is 0 Å². The van der Waals surface area contributed by atoms with Crippen molar-refractivity contribution in [2.24, 2.45) is 0 Å². The molecule has 0 spiro atoms. The van der Waals surface area contributed by atoms with Gasteiger partial charge in [-0.2, -0.15) is 0 Å². The van der Waals surface area contributed by atoms with E-state index in [1.807, 2.05) is 0 Å². The second kappa shape index (κ2) is 5.95. The first kappa shape index (κ1) is 13.7. The van der Waals surface area contributed by atoms with Crippen molar-refractivity contribution in [3.8, 4) is 11.5 Å². The van der Waals surface area contributed by atoms with E-state index in [4.69, 9.17) is 33.0 Å². The van der Waals surface area contributed by atoms with Gasteiger partial charge in [0, 0.05) is 5.02 Å². The summed E-state index contributed by atoms with van der Waals surface area (Å²) < 4.78 is 5.59. The lowest BCUT2D eigenvalue weighted by Gasteiger charge is -2.08. The Kier molecular flexibility index (Phi) is 4.30. The van der Waals surface area contributed by atoms with Crippen LogP contribution in [-0.2, 0) is 11.2 Å². The molecular formula is C14H10Cl2O3. The van der Waals surface area contributed by atoms with E-state index in [1.165, 1.54) is 0 Å². The topological polar surface area (TPSA) is 46.5 Å². The third-order valence-corrected chi connectivity index (χ3v) is 2.93. The number of aliphatic carboxylic acids is 1. The van der Waals surface area contributed by atoms with Crippen LogP contribution in [0.25, 0.3) is 0 Å². The summed E-state index contributed by atoms with van der Waals surface area (Å²) in [4.78, 5) is 10.6. The van der Waals surface area contributed by atoms with Crippen molar-refractivity contribution in [2.45, 2.75) is 6.42 Å². The fourth-order valence-corrected chi connectivity index (χ4v) is 1.98. The van der Waals surface area contributed by atoms with E-state index in [0.29, 0.717) is 27.1 Å². The Labute approximate surface area is 120 Å². The number of ether oxygens (including phenoxy) is 1. The van der Waals surface area contributed by atoms with E-state index >= 15 is 0 Å². The molecule has 5 heteroatoms. The molecule has 2 rings (SSSR count). The third-order valence-electron chi connectivity index (χ3n) is 2.40. The van der Waals surface area contributed by atoms with Gasteiger partial charge in [0.25, 0.3) is 0 Å². The van der Waals surface area contributed by atoms with Gasteiger partial charge >= 0.3 is 5.97 Å². The molecule has 0 bridgehead atoms. The number of benzene rings is 2. The molecule has 0 fully saturated rings. The molecule has 19 heavy (non-hydrogen) atoms. The van der Waals surface area contributed by atoms with E-state index in [0.717, 1.165) is 0 Å². The van der Waals surface area contributed by atoms with Gasteiger partial charge in [-0.25, -0.2) is 0 Å². The SMILES string of the molecule is O=C(O)Cc1ccc(Oc2ccc(Cl)cc2Cl)cc1. The normalized spacial score (nSPS) is 10.2.